The van der Waals surface area contributed by atoms with Crippen LogP contribution in [0.3, 0.4) is 0 Å². The van der Waals surface area contributed by atoms with E-state index in [0.717, 1.165) is 42.6 Å². The van der Waals surface area contributed by atoms with Crippen LogP contribution in [0.4, 0.5) is 10.1 Å². The number of carbonyl (C=O) groups is 2. The summed E-state index contributed by atoms with van der Waals surface area (Å²) in [5.74, 6) is -0.259. The van der Waals surface area contributed by atoms with Gasteiger partial charge in [-0.1, -0.05) is 30.3 Å². The monoisotopic (exact) mass is 528 g/mol. The van der Waals surface area contributed by atoms with Crippen LogP contribution in [0.15, 0.2) is 60.8 Å². The molecule has 0 radical (unpaired) electrons. The molecule has 8 nitrogen and oxygen atoms in total. The minimum absolute atomic E-state index is 0.0106. The first kappa shape index (κ1) is 26.6. The van der Waals surface area contributed by atoms with Gasteiger partial charge in [-0.3, -0.25) is 19.5 Å². The molecule has 2 saturated heterocycles. The lowest BCUT2D eigenvalue weighted by Gasteiger charge is -2.33. The SMILES string of the molecule is CN(Cc1ccccc1)C(=O)c1ccc(NC2CCN(CC(=O)N3C[C@@H](F)CC3C#N)CC2)c2cccnc12. The highest BCUT2D eigenvalue weighted by atomic mass is 19.1. The Hall–Kier alpha value is -4.03. The Labute approximate surface area is 228 Å². The van der Waals surface area contributed by atoms with Gasteiger partial charge in [0.25, 0.3) is 5.91 Å². The van der Waals surface area contributed by atoms with Gasteiger partial charge in [-0.15, -0.1) is 0 Å². The minimum atomic E-state index is -1.12. The molecule has 2 aliphatic heterocycles. The number of piperidine rings is 1. The van der Waals surface area contributed by atoms with E-state index in [1.54, 1.807) is 18.1 Å². The number of nitriles is 1. The van der Waals surface area contributed by atoms with Crippen LogP contribution >= 0.6 is 0 Å². The minimum Gasteiger partial charge on any atom is -0.382 e. The number of hydrogen-bond donors (Lipinski definition) is 1. The Bertz CT molecular complexity index is 1370. The summed E-state index contributed by atoms with van der Waals surface area (Å²) in [7, 11) is 1.80. The normalized spacial score (nSPS) is 20.1. The largest absolute Gasteiger partial charge is 0.382 e. The second kappa shape index (κ2) is 11.8. The van der Waals surface area contributed by atoms with E-state index in [-0.39, 0.29) is 37.4 Å². The number of rotatable bonds is 7. The third-order valence-corrected chi connectivity index (χ3v) is 7.63. The topological polar surface area (TPSA) is 92.6 Å². The number of nitrogens with one attached hydrogen (secondary N) is 1. The van der Waals surface area contributed by atoms with Crippen molar-refractivity contribution in [3.05, 3.63) is 71.9 Å². The van der Waals surface area contributed by atoms with Crippen LogP contribution in [0.25, 0.3) is 10.9 Å². The first-order valence-corrected chi connectivity index (χ1v) is 13.4. The predicted octanol–water partition coefficient (Wildman–Crippen LogP) is 3.85. The maximum absolute atomic E-state index is 13.7. The van der Waals surface area contributed by atoms with Gasteiger partial charge in [-0.2, -0.15) is 5.26 Å². The van der Waals surface area contributed by atoms with Gasteiger partial charge in [0.05, 0.1) is 30.2 Å². The molecule has 5 rings (SSSR count). The van der Waals surface area contributed by atoms with Gasteiger partial charge in [-0.05, 0) is 42.7 Å². The zero-order valence-corrected chi connectivity index (χ0v) is 22.1. The number of alkyl halides is 1. The van der Waals surface area contributed by atoms with Crippen molar-refractivity contribution in [2.45, 2.75) is 44.1 Å². The number of hydrogen-bond acceptors (Lipinski definition) is 6. The fraction of sp³-hybridized carbons (Fsp3) is 0.400. The number of halogens is 1. The van der Waals surface area contributed by atoms with E-state index < -0.39 is 12.2 Å². The van der Waals surface area contributed by atoms with Gasteiger partial charge in [-0.25, -0.2) is 4.39 Å². The van der Waals surface area contributed by atoms with Crippen molar-refractivity contribution in [3.8, 4) is 6.07 Å². The number of nitrogens with zero attached hydrogens (tertiary/aromatic N) is 5. The molecule has 0 spiro atoms. The Morgan fingerprint density at radius 1 is 1.13 bits per heavy atom. The van der Waals surface area contributed by atoms with Crippen molar-refractivity contribution in [1.82, 2.24) is 19.7 Å². The summed E-state index contributed by atoms with van der Waals surface area (Å²) in [6.07, 6.45) is 2.36. The molecule has 0 saturated carbocycles. The third kappa shape index (κ3) is 6.02. The smallest absolute Gasteiger partial charge is 0.256 e. The van der Waals surface area contributed by atoms with E-state index in [9.17, 15) is 19.2 Å². The number of aromatic nitrogens is 1. The molecular weight excluding hydrogens is 495 g/mol. The van der Waals surface area contributed by atoms with Gasteiger partial charge in [0.1, 0.15) is 12.2 Å². The zero-order valence-electron chi connectivity index (χ0n) is 22.1. The quantitative estimate of drug-likeness (QED) is 0.501. The highest BCUT2D eigenvalue weighted by Crippen LogP contribution is 2.28. The molecule has 9 heteroatoms. The lowest BCUT2D eigenvalue weighted by molar-refractivity contribution is -0.132. The molecule has 0 aliphatic carbocycles. The van der Waals surface area contributed by atoms with E-state index in [1.807, 2.05) is 60.7 Å². The van der Waals surface area contributed by atoms with Gasteiger partial charge in [0, 0.05) is 56.4 Å². The van der Waals surface area contributed by atoms with E-state index in [0.29, 0.717) is 17.6 Å². The average molecular weight is 529 g/mol. The Kier molecular flexibility index (Phi) is 8.03. The summed E-state index contributed by atoms with van der Waals surface area (Å²) in [5, 5.41) is 13.8. The molecule has 1 unspecified atom stereocenters. The highest BCUT2D eigenvalue weighted by molar-refractivity contribution is 6.08. The van der Waals surface area contributed by atoms with Gasteiger partial charge < -0.3 is 15.1 Å². The average Bonchev–Trinajstić information content (AvgIpc) is 3.35. The van der Waals surface area contributed by atoms with Crippen molar-refractivity contribution in [1.29, 1.82) is 5.26 Å². The van der Waals surface area contributed by atoms with E-state index in [4.69, 9.17) is 0 Å². The number of pyridine rings is 1. The zero-order chi connectivity index (χ0) is 27.4. The van der Waals surface area contributed by atoms with Crippen LogP contribution in [0.2, 0.25) is 0 Å². The molecule has 0 bridgehead atoms. The second-order valence-electron chi connectivity index (χ2n) is 10.4. The first-order valence-electron chi connectivity index (χ1n) is 13.4. The molecule has 202 valence electrons. The molecule has 3 heterocycles. The van der Waals surface area contributed by atoms with Crippen molar-refractivity contribution in [3.63, 3.8) is 0 Å². The summed E-state index contributed by atoms with van der Waals surface area (Å²) in [4.78, 5) is 35.8. The molecule has 2 atom stereocenters. The lowest BCUT2D eigenvalue weighted by Crippen LogP contribution is -2.46. The van der Waals surface area contributed by atoms with Crippen molar-refractivity contribution < 1.29 is 14.0 Å². The number of anilines is 1. The summed E-state index contributed by atoms with van der Waals surface area (Å²) in [5.41, 5.74) is 3.22. The van der Waals surface area contributed by atoms with E-state index in [2.05, 4.69) is 15.2 Å². The number of benzene rings is 2. The molecule has 2 fully saturated rings. The number of fused-ring (bicyclic) bond motifs is 1. The molecule has 2 aromatic carbocycles. The van der Waals surface area contributed by atoms with Crippen LogP contribution in [-0.2, 0) is 11.3 Å². The molecule has 2 aliphatic rings. The highest BCUT2D eigenvalue weighted by Gasteiger charge is 2.36. The predicted molar refractivity (Wildman–Crippen MR) is 148 cm³/mol. The number of likely N-dealkylation sites (tertiary alicyclic amines) is 2. The number of carbonyl (C=O) groups excluding carboxylic acids is 2. The second-order valence-corrected chi connectivity index (χ2v) is 10.4. The maximum atomic E-state index is 13.7. The van der Waals surface area contributed by atoms with Crippen molar-refractivity contribution in [2.75, 3.05) is 38.5 Å². The Morgan fingerprint density at radius 2 is 1.90 bits per heavy atom. The molecular formula is C30H33FN6O2. The van der Waals surface area contributed by atoms with Gasteiger partial charge in [0.2, 0.25) is 5.91 Å². The standard InChI is InChI=1S/C30H33FN6O2/c1-35(18-21-6-3-2-4-7-21)30(39)26-9-10-27(25-8-5-13-33-29(25)26)34-23-11-14-36(15-12-23)20-28(38)37-19-22(31)16-24(37)17-32/h2-10,13,22-24,34H,11-12,14-16,18-20H2,1H3/t22-,24?/m0/s1. The number of amides is 2. The summed E-state index contributed by atoms with van der Waals surface area (Å²) >= 11 is 0. The van der Waals surface area contributed by atoms with Crippen LogP contribution in [0.5, 0.6) is 0 Å². The maximum Gasteiger partial charge on any atom is 0.256 e. The fourth-order valence-electron chi connectivity index (χ4n) is 5.53. The van der Waals surface area contributed by atoms with Crippen LogP contribution in [0, 0.1) is 11.3 Å². The first-order chi connectivity index (χ1) is 18.9. The van der Waals surface area contributed by atoms with Crippen LogP contribution in [0.1, 0.15) is 35.2 Å². The summed E-state index contributed by atoms with van der Waals surface area (Å²) < 4.78 is 13.7. The van der Waals surface area contributed by atoms with Crippen LogP contribution in [-0.4, -0.2) is 83.0 Å². The third-order valence-electron chi connectivity index (χ3n) is 7.63. The van der Waals surface area contributed by atoms with E-state index in [1.165, 1.54) is 4.90 Å². The molecule has 3 aromatic rings. The Balaban J connectivity index is 1.21. The van der Waals surface area contributed by atoms with Gasteiger partial charge >= 0.3 is 0 Å². The van der Waals surface area contributed by atoms with Gasteiger partial charge in [0.15, 0.2) is 0 Å². The molecule has 2 amide bonds. The Morgan fingerprint density at radius 3 is 2.64 bits per heavy atom. The van der Waals surface area contributed by atoms with Crippen molar-refractivity contribution in [2.24, 2.45) is 0 Å². The molecule has 39 heavy (non-hydrogen) atoms. The van der Waals surface area contributed by atoms with Crippen LogP contribution < -0.4 is 5.32 Å². The van der Waals surface area contributed by atoms with E-state index >= 15 is 0 Å². The lowest BCUT2D eigenvalue weighted by atomic mass is 10.0. The molecule has 1 N–H and O–H groups in total. The fourth-order valence-corrected chi connectivity index (χ4v) is 5.53. The van der Waals surface area contributed by atoms with Crippen molar-refractivity contribution >= 4 is 28.4 Å². The molecule has 1 aromatic heterocycles. The summed E-state index contributed by atoms with van der Waals surface area (Å²) in [6.45, 7) is 2.18. The summed E-state index contributed by atoms with van der Waals surface area (Å²) in [6, 6.07) is 19.1.